The second-order valence-electron chi connectivity index (χ2n) is 6.89. The number of fused-ring (bicyclic) bond motifs is 1. The molecule has 1 fully saturated rings. The summed E-state index contributed by atoms with van der Waals surface area (Å²) in [5.41, 5.74) is 1.57. The van der Waals surface area contributed by atoms with E-state index in [1.54, 1.807) is 0 Å². The molecule has 0 aromatic heterocycles. The van der Waals surface area contributed by atoms with E-state index >= 15 is 0 Å². The summed E-state index contributed by atoms with van der Waals surface area (Å²) in [4.78, 5) is 6.56. The Morgan fingerprint density at radius 1 is 1.32 bits per heavy atom. The van der Waals surface area contributed by atoms with Gasteiger partial charge in [-0.25, -0.2) is 0 Å². The Morgan fingerprint density at radius 2 is 2.12 bits per heavy atom. The van der Waals surface area contributed by atoms with Crippen LogP contribution in [0.4, 0.5) is 0 Å². The summed E-state index contributed by atoms with van der Waals surface area (Å²) >= 11 is 0. The molecule has 1 N–H and O–H groups in total. The number of hydrogen-bond donors (Lipinski definition) is 1. The predicted molar refractivity (Wildman–Crippen MR) is 98.2 cm³/mol. The zero-order chi connectivity index (χ0) is 17.7. The SMILES string of the molecule is CCOCCC1(CNC(=NC)N(C)Cc2ccc3c(c2)OCO3)CC1. The number of nitrogens with zero attached hydrogens (tertiary/aromatic N) is 2. The van der Waals surface area contributed by atoms with Crippen molar-refractivity contribution in [1.29, 1.82) is 0 Å². The molecule has 0 amide bonds. The molecule has 138 valence electrons. The fourth-order valence-corrected chi connectivity index (χ4v) is 3.16. The standard InChI is InChI=1S/C19H29N3O3/c1-4-23-10-9-19(7-8-19)13-21-18(20-2)22(3)12-15-5-6-16-17(11-15)25-14-24-16/h5-6,11H,4,7-10,12-14H2,1-3H3,(H,20,21). The fraction of sp³-hybridized carbons (Fsp3) is 0.632. The van der Waals surface area contributed by atoms with Crippen molar-refractivity contribution < 1.29 is 14.2 Å². The minimum atomic E-state index is 0.307. The monoisotopic (exact) mass is 347 g/mol. The van der Waals surface area contributed by atoms with Crippen LogP contribution in [-0.2, 0) is 11.3 Å². The molecular weight excluding hydrogens is 318 g/mol. The van der Waals surface area contributed by atoms with Gasteiger partial charge in [-0.15, -0.1) is 0 Å². The van der Waals surface area contributed by atoms with Gasteiger partial charge >= 0.3 is 0 Å². The lowest BCUT2D eigenvalue weighted by Gasteiger charge is -2.25. The van der Waals surface area contributed by atoms with E-state index < -0.39 is 0 Å². The van der Waals surface area contributed by atoms with Crippen LogP contribution in [0.5, 0.6) is 11.5 Å². The lowest BCUT2D eigenvalue weighted by molar-refractivity contribution is 0.128. The summed E-state index contributed by atoms with van der Waals surface area (Å²) in [6, 6.07) is 6.08. The average Bonchev–Trinajstić information content (AvgIpc) is 3.22. The third-order valence-electron chi connectivity index (χ3n) is 4.99. The van der Waals surface area contributed by atoms with Gasteiger partial charge in [0.25, 0.3) is 0 Å². The van der Waals surface area contributed by atoms with E-state index in [0.29, 0.717) is 12.2 Å². The molecule has 0 spiro atoms. The van der Waals surface area contributed by atoms with Crippen molar-refractivity contribution in [3.8, 4) is 11.5 Å². The molecule has 1 aliphatic heterocycles. The molecule has 1 aromatic rings. The third kappa shape index (κ3) is 4.57. The first-order valence-electron chi connectivity index (χ1n) is 9.04. The molecule has 1 saturated carbocycles. The molecule has 0 unspecified atom stereocenters. The predicted octanol–water partition coefficient (Wildman–Crippen LogP) is 2.63. The molecular formula is C19H29N3O3. The highest BCUT2D eigenvalue weighted by Crippen LogP contribution is 2.48. The van der Waals surface area contributed by atoms with E-state index in [1.165, 1.54) is 18.4 Å². The highest BCUT2D eigenvalue weighted by molar-refractivity contribution is 5.79. The van der Waals surface area contributed by atoms with Crippen LogP contribution >= 0.6 is 0 Å². The summed E-state index contributed by atoms with van der Waals surface area (Å²) in [5, 5.41) is 3.54. The van der Waals surface area contributed by atoms with E-state index in [0.717, 1.165) is 50.2 Å². The number of rotatable bonds is 8. The van der Waals surface area contributed by atoms with Crippen LogP contribution in [-0.4, -0.2) is 51.5 Å². The Labute approximate surface area is 150 Å². The quantitative estimate of drug-likeness (QED) is 0.445. The van der Waals surface area contributed by atoms with Gasteiger partial charge in [0, 0.05) is 40.4 Å². The Hall–Kier alpha value is -1.95. The van der Waals surface area contributed by atoms with Crippen molar-refractivity contribution in [1.82, 2.24) is 10.2 Å². The normalized spacial score (nSPS) is 17.5. The van der Waals surface area contributed by atoms with E-state index in [9.17, 15) is 0 Å². The van der Waals surface area contributed by atoms with E-state index in [2.05, 4.69) is 28.3 Å². The van der Waals surface area contributed by atoms with Crippen LogP contribution in [0.25, 0.3) is 0 Å². The van der Waals surface area contributed by atoms with Crippen LogP contribution in [0, 0.1) is 5.41 Å². The molecule has 1 heterocycles. The van der Waals surface area contributed by atoms with Crippen molar-refractivity contribution in [3.05, 3.63) is 23.8 Å². The van der Waals surface area contributed by atoms with E-state index in [-0.39, 0.29) is 0 Å². The molecule has 1 aliphatic carbocycles. The van der Waals surface area contributed by atoms with Gasteiger partial charge in [0.05, 0.1) is 0 Å². The molecule has 0 saturated heterocycles. The van der Waals surface area contributed by atoms with Crippen LogP contribution in [0.15, 0.2) is 23.2 Å². The Bertz CT molecular complexity index is 614. The summed E-state index contributed by atoms with van der Waals surface area (Å²) in [5.74, 6) is 2.56. The van der Waals surface area contributed by atoms with Crippen LogP contribution < -0.4 is 14.8 Å². The fourth-order valence-electron chi connectivity index (χ4n) is 3.16. The van der Waals surface area contributed by atoms with Gasteiger partial charge in [-0.05, 0) is 49.3 Å². The maximum absolute atomic E-state index is 5.52. The lowest BCUT2D eigenvalue weighted by Crippen LogP contribution is -2.41. The molecule has 1 aromatic carbocycles. The number of guanidine groups is 1. The Balaban J connectivity index is 1.51. The molecule has 0 radical (unpaired) electrons. The molecule has 6 nitrogen and oxygen atoms in total. The van der Waals surface area contributed by atoms with Crippen molar-refractivity contribution in [2.24, 2.45) is 10.4 Å². The summed E-state index contributed by atoms with van der Waals surface area (Å²) in [6.07, 6.45) is 3.67. The smallest absolute Gasteiger partial charge is 0.231 e. The van der Waals surface area contributed by atoms with Gasteiger partial charge in [-0.3, -0.25) is 4.99 Å². The Morgan fingerprint density at radius 3 is 2.84 bits per heavy atom. The van der Waals surface area contributed by atoms with Gasteiger partial charge < -0.3 is 24.4 Å². The molecule has 25 heavy (non-hydrogen) atoms. The first-order chi connectivity index (χ1) is 12.2. The highest BCUT2D eigenvalue weighted by atomic mass is 16.7. The maximum atomic E-state index is 5.52. The zero-order valence-electron chi connectivity index (χ0n) is 15.5. The van der Waals surface area contributed by atoms with E-state index in [4.69, 9.17) is 14.2 Å². The third-order valence-corrected chi connectivity index (χ3v) is 4.99. The first-order valence-corrected chi connectivity index (χ1v) is 9.04. The van der Waals surface area contributed by atoms with Crippen LogP contribution in [0.2, 0.25) is 0 Å². The molecule has 0 atom stereocenters. The zero-order valence-corrected chi connectivity index (χ0v) is 15.5. The van der Waals surface area contributed by atoms with Gasteiger partial charge in [0.15, 0.2) is 17.5 Å². The minimum Gasteiger partial charge on any atom is -0.454 e. The number of ether oxygens (including phenoxy) is 3. The number of benzene rings is 1. The second-order valence-corrected chi connectivity index (χ2v) is 6.89. The van der Waals surface area contributed by atoms with E-state index in [1.807, 2.05) is 26.1 Å². The number of hydrogen-bond acceptors (Lipinski definition) is 4. The number of aliphatic imine (C=N–C) groups is 1. The van der Waals surface area contributed by atoms with Gasteiger partial charge in [0.1, 0.15) is 0 Å². The first kappa shape index (κ1) is 17.9. The van der Waals surface area contributed by atoms with Crippen LogP contribution in [0.1, 0.15) is 31.7 Å². The highest BCUT2D eigenvalue weighted by Gasteiger charge is 2.42. The molecule has 2 aliphatic rings. The topological polar surface area (TPSA) is 55.3 Å². The van der Waals surface area contributed by atoms with Crippen LogP contribution in [0.3, 0.4) is 0 Å². The maximum Gasteiger partial charge on any atom is 0.231 e. The summed E-state index contributed by atoms with van der Waals surface area (Å²) < 4.78 is 16.3. The number of nitrogens with one attached hydrogen (secondary N) is 1. The second kappa shape index (κ2) is 7.95. The Kier molecular flexibility index (Phi) is 5.68. The lowest BCUT2D eigenvalue weighted by atomic mass is 10.0. The van der Waals surface area contributed by atoms with Gasteiger partial charge in [-0.1, -0.05) is 6.07 Å². The molecule has 6 heteroatoms. The van der Waals surface area contributed by atoms with Crippen molar-refractivity contribution in [3.63, 3.8) is 0 Å². The van der Waals surface area contributed by atoms with Crippen molar-refractivity contribution in [2.45, 2.75) is 32.7 Å². The van der Waals surface area contributed by atoms with Crippen molar-refractivity contribution in [2.75, 3.05) is 40.6 Å². The minimum absolute atomic E-state index is 0.307. The molecule has 3 rings (SSSR count). The summed E-state index contributed by atoms with van der Waals surface area (Å²) in [7, 11) is 3.89. The van der Waals surface area contributed by atoms with Gasteiger partial charge in [0.2, 0.25) is 6.79 Å². The average molecular weight is 347 g/mol. The van der Waals surface area contributed by atoms with Gasteiger partial charge in [-0.2, -0.15) is 0 Å². The largest absolute Gasteiger partial charge is 0.454 e. The summed E-state index contributed by atoms with van der Waals surface area (Å²) in [6.45, 7) is 5.72. The molecule has 0 bridgehead atoms. The van der Waals surface area contributed by atoms with Crippen molar-refractivity contribution >= 4 is 5.96 Å².